The number of hydrogen-bond donors (Lipinski definition) is 2. The molecule has 7 heteroatoms. The van der Waals surface area contributed by atoms with Crippen molar-refractivity contribution < 1.29 is 19.6 Å². The van der Waals surface area contributed by atoms with Crippen molar-refractivity contribution in [2.75, 3.05) is 0 Å². The topological polar surface area (TPSA) is 110 Å². The summed E-state index contributed by atoms with van der Waals surface area (Å²) in [6.07, 6.45) is 0. The van der Waals surface area contributed by atoms with Crippen LogP contribution in [-0.4, -0.2) is 27.9 Å². The highest BCUT2D eigenvalue weighted by Crippen LogP contribution is 2.27. The number of benzene rings is 1. The van der Waals surface area contributed by atoms with Gasteiger partial charge < -0.3 is 10.4 Å². The van der Waals surface area contributed by atoms with Crippen LogP contribution >= 0.6 is 0 Å². The van der Waals surface area contributed by atoms with Crippen LogP contribution < -0.4 is 5.32 Å². The van der Waals surface area contributed by atoms with Crippen LogP contribution in [0.25, 0.3) is 0 Å². The third-order valence-electron chi connectivity index (χ3n) is 2.83. The average Bonchev–Trinajstić information content (AvgIpc) is 2.37. The lowest BCUT2D eigenvalue weighted by molar-refractivity contribution is -0.385. The molecule has 0 saturated heterocycles. The molecule has 0 aromatic heterocycles. The lowest BCUT2D eigenvalue weighted by Gasteiger charge is -2.11. The fraction of sp³-hybridized carbons (Fsp3) is 0.385. The van der Waals surface area contributed by atoms with Crippen molar-refractivity contribution in [2.45, 2.75) is 32.7 Å². The van der Waals surface area contributed by atoms with Crippen LogP contribution in [0.4, 0.5) is 5.69 Å². The summed E-state index contributed by atoms with van der Waals surface area (Å²) in [6, 6.07) is 3.07. The summed E-state index contributed by atoms with van der Waals surface area (Å²) in [6.45, 7) is 4.94. The highest BCUT2D eigenvalue weighted by atomic mass is 16.6. The number of nitrogens with zero attached hydrogens (tertiary/aromatic N) is 1. The maximum Gasteiger partial charge on any atom is 0.325 e. The van der Waals surface area contributed by atoms with Crippen LogP contribution in [0.3, 0.4) is 0 Å². The Morgan fingerprint density at radius 3 is 2.35 bits per heavy atom. The van der Waals surface area contributed by atoms with E-state index >= 15 is 0 Å². The number of rotatable bonds is 5. The summed E-state index contributed by atoms with van der Waals surface area (Å²) >= 11 is 0. The normalized spacial score (nSPS) is 12.0. The number of nitrogens with one attached hydrogen (secondary N) is 1. The molecule has 2 N–H and O–H groups in total. The summed E-state index contributed by atoms with van der Waals surface area (Å²) < 4.78 is 0. The van der Waals surface area contributed by atoms with Gasteiger partial charge in [0.05, 0.1) is 4.92 Å². The van der Waals surface area contributed by atoms with Crippen molar-refractivity contribution >= 4 is 17.6 Å². The number of carboxylic acid groups (broad SMARTS) is 1. The van der Waals surface area contributed by atoms with E-state index in [1.165, 1.54) is 25.1 Å². The SMILES string of the molecule is CC(C)c1ccc(C(=O)N[C@@H](C)C(=O)O)cc1[N+](=O)[O-]. The number of hydrogen-bond acceptors (Lipinski definition) is 4. The Balaban J connectivity index is 3.09. The lowest BCUT2D eigenvalue weighted by atomic mass is 9.99. The summed E-state index contributed by atoms with van der Waals surface area (Å²) in [4.78, 5) is 32.9. The summed E-state index contributed by atoms with van der Waals surface area (Å²) in [5.41, 5.74) is 0.447. The minimum Gasteiger partial charge on any atom is -0.480 e. The maximum atomic E-state index is 11.8. The quantitative estimate of drug-likeness (QED) is 0.632. The second-order valence-corrected chi connectivity index (χ2v) is 4.72. The molecule has 1 amide bonds. The van der Waals surface area contributed by atoms with Crippen molar-refractivity contribution in [3.05, 3.63) is 39.4 Å². The first-order valence-corrected chi connectivity index (χ1v) is 6.06. The van der Waals surface area contributed by atoms with Crippen molar-refractivity contribution in [1.82, 2.24) is 5.32 Å². The first-order valence-electron chi connectivity index (χ1n) is 6.06. The molecule has 108 valence electrons. The fourth-order valence-corrected chi connectivity index (χ4v) is 1.67. The Morgan fingerprint density at radius 2 is 1.90 bits per heavy atom. The molecule has 1 aromatic carbocycles. The Labute approximate surface area is 115 Å². The number of nitro benzene ring substituents is 1. The Hall–Kier alpha value is -2.44. The first kappa shape index (κ1) is 15.6. The third kappa shape index (κ3) is 3.53. The molecule has 1 rings (SSSR count). The molecule has 0 fully saturated rings. The number of nitro groups is 1. The number of aliphatic carboxylic acids is 1. The Morgan fingerprint density at radius 1 is 1.30 bits per heavy atom. The second-order valence-electron chi connectivity index (χ2n) is 4.72. The smallest absolute Gasteiger partial charge is 0.325 e. The molecular formula is C13H16N2O5. The lowest BCUT2D eigenvalue weighted by Crippen LogP contribution is -2.38. The van der Waals surface area contributed by atoms with Gasteiger partial charge in [0, 0.05) is 17.2 Å². The highest BCUT2D eigenvalue weighted by Gasteiger charge is 2.21. The molecule has 0 radical (unpaired) electrons. The van der Waals surface area contributed by atoms with Crippen molar-refractivity contribution in [3.8, 4) is 0 Å². The van der Waals surface area contributed by atoms with Gasteiger partial charge >= 0.3 is 5.97 Å². The molecule has 7 nitrogen and oxygen atoms in total. The van der Waals surface area contributed by atoms with Crippen molar-refractivity contribution in [3.63, 3.8) is 0 Å². The molecular weight excluding hydrogens is 264 g/mol. The van der Waals surface area contributed by atoms with Gasteiger partial charge in [0.1, 0.15) is 6.04 Å². The zero-order chi connectivity index (χ0) is 15.4. The molecule has 0 aliphatic carbocycles. The van der Waals surface area contributed by atoms with Gasteiger partial charge in [-0.3, -0.25) is 19.7 Å². The van der Waals surface area contributed by atoms with Crippen molar-refractivity contribution in [2.24, 2.45) is 0 Å². The van der Waals surface area contributed by atoms with E-state index in [1.54, 1.807) is 0 Å². The standard InChI is InChI=1S/C13H16N2O5/c1-7(2)10-5-4-9(6-11(10)15(19)20)12(16)14-8(3)13(17)18/h4-8H,1-3H3,(H,14,16)(H,17,18)/t8-/m0/s1. The Bertz CT molecular complexity index is 554. The number of carbonyl (C=O) groups is 2. The summed E-state index contributed by atoms with van der Waals surface area (Å²) in [5, 5.41) is 22.0. The molecule has 0 spiro atoms. The molecule has 0 bridgehead atoms. The van der Waals surface area contributed by atoms with Gasteiger partial charge in [-0.1, -0.05) is 19.9 Å². The van der Waals surface area contributed by atoms with E-state index in [0.717, 1.165) is 0 Å². The van der Waals surface area contributed by atoms with Crippen LogP contribution in [0.2, 0.25) is 0 Å². The summed E-state index contributed by atoms with van der Waals surface area (Å²) in [5.74, 6) is -1.88. The van der Waals surface area contributed by atoms with E-state index in [-0.39, 0.29) is 17.2 Å². The van der Waals surface area contributed by atoms with Gasteiger partial charge in [-0.05, 0) is 18.9 Å². The molecule has 1 aromatic rings. The van der Waals surface area contributed by atoms with E-state index in [9.17, 15) is 19.7 Å². The second kappa shape index (κ2) is 6.14. The molecule has 1 atom stereocenters. The molecule has 0 saturated carbocycles. The highest BCUT2D eigenvalue weighted by molar-refractivity contribution is 5.97. The van der Waals surface area contributed by atoms with E-state index in [4.69, 9.17) is 5.11 Å². The van der Waals surface area contributed by atoms with Crippen LogP contribution in [-0.2, 0) is 4.79 Å². The van der Waals surface area contributed by atoms with Crippen LogP contribution in [0.5, 0.6) is 0 Å². The zero-order valence-electron chi connectivity index (χ0n) is 11.4. The predicted octanol–water partition coefficient (Wildman–Crippen LogP) is 1.92. The van der Waals surface area contributed by atoms with Gasteiger partial charge in [0.15, 0.2) is 0 Å². The summed E-state index contributed by atoms with van der Waals surface area (Å²) in [7, 11) is 0. The molecule has 20 heavy (non-hydrogen) atoms. The fourth-order valence-electron chi connectivity index (χ4n) is 1.67. The van der Waals surface area contributed by atoms with Crippen molar-refractivity contribution in [1.29, 1.82) is 0 Å². The third-order valence-corrected chi connectivity index (χ3v) is 2.83. The zero-order valence-corrected chi connectivity index (χ0v) is 11.4. The Kier molecular flexibility index (Phi) is 4.79. The minimum atomic E-state index is -1.17. The minimum absolute atomic E-state index is 0.0505. The molecule has 0 aliphatic heterocycles. The first-order chi connectivity index (χ1) is 9.23. The number of carbonyl (C=O) groups excluding carboxylic acids is 1. The average molecular weight is 280 g/mol. The van der Waals surface area contributed by atoms with Gasteiger partial charge in [-0.2, -0.15) is 0 Å². The van der Waals surface area contributed by atoms with Crippen LogP contribution in [0.1, 0.15) is 42.6 Å². The molecule has 0 aliphatic rings. The maximum absolute atomic E-state index is 11.8. The van der Waals surface area contributed by atoms with Crippen LogP contribution in [0, 0.1) is 10.1 Å². The van der Waals surface area contributed by atoms with E-state index in [0.29, 0.717) is 5.56 Å². The van der Waals surface area contributed by atoms with Gasteiger partial charge in [-0.25, -0.2) is 0 Å². The van der Waals surface area contributed by atoms with Gasteiger partial charge in [0.25, 0.3) is 11.6 Å². The van der Waals surface area contributed by atoms with Gasteiger partial charge in [0.2, 0.25) is 0 Å². The molecule has 0 heterocycles. The van der Waals surface area contributed by atoms with Crippen LogP contribution in [0.15, 0.2) is 18.2 Å². The van der Waals surface area contributed by atoms with Gasteiger partial charge in [-0.15, -0.1) is 0 Å². The monoisotopic (exact) mass is 280 g/mol. The molecule has 0 unspecified atom stereocenters. The van der Waals surface area contributed by atoms with E-state index in [1.807, 2.05) is 13.8 Å². The number of carboxylic acids is 1. The predicted molar refractivity (Wildman–Crippen MR) is 71.7 cm³/mol. The van der Waals surface area contributed by atoms with E-state index in [2.05, 4.69) is 5.32 Å². The number of amides is 1. The van der Waals surface area contributed by atoms with E-state index < -0.39 is 22.8 Å². The largest absolute Gasteiger partial charge is 0.480 e.